The van der Waals surface area contributed by atoms with Crippen LogP contribution in [0.1, 0.15) is 60.5 Å². The van der Waals surface area contributed by atoms with Gasteiger partial charge in [-0.25, -0.2) is 0 Å². The molecular formula is C14H26N2O. The molecule has 0 fully saturated rings. The second-order valence-corrected chi connectivity index (χ2v) is 7.23. The number of rotatable bonds is 3. The van der Waals surface area contributed by atoms with Gasteiger partial charge in [-0.3, -0.25) is 4.68 Å². The molecule has 0 aliphatic carbocycles. The smallest absolute Gasteiger partial charge is 0.0614 e. The third-order valence-electron chi connectivity index (χ3n) is 2.93. The fourth-order valence-electron chi connectivity index (χ4n) is 2.18. The molecule has 1 N–H and O–H groups in total. The number of hydrogen-bond donors (Lipinski definition) is 1. The van der Waals surface area contributed by atoms with E-state index in [4.69, 9.17) is 0 Å². The minimum atomic E-state index is -0.683. The van der Waals surface area contributed by atoms with Gasteiger partial charge in [-0.2, -0.15) is 5.10 Å². The van der Waals surface area contributed by atoms with Crippen molar-refractivity contribution in [1.82, 2.24) is 9.78 Å². The lowest BCUT2D eigenvalue weighted by Gasteiger charge is -2.32. The minimum Gasteiger partial charge on any atom is -0.390 e. The van der Waals surface area contributed by atoms with E-state index in [1.165, 1.54) is 5.56 Å². The van der Waals surface area contributed by atoms with Gasteiger partial charge in [0.25, 0.3) is 0 Å². The summed E-state index contributed by atoms with van der Waals surface area (Å²) >= 11 is 0. The zero-order valence-corrected chi connectivity index (χ0v) is 12.2. The van der Waals surface area contributed by atoms with Crippen molar-refractivity contribution in [3.8, 4) is 0 Å². The maximum absolute atomic E-state index is 9.94. The summed E-state index contributed by atoms with van der Waals surface area (Å²) in [4.78, 5) is 0. The van der Waals surface area contributed by atoms with E-state index in [9.17, 15) is 5.11 Å². The average molecular weight is 238 g/mol. The summed E-state index contributed by atoms with van der Waals surface area (Å²) in [5, 5.41) is 14.4. The van der Waals surface area contributed by atoms with Gasteiger partial charge in [0.2, 0.25) is 0 Å². The molecule has 0 amide bonds. The molecule has 0 atom stereocenters. The number of hydrogen-bond acceptors (Lipinski definition) is 2. The molecule has 0 aromatic carbocycles. The Kier molecular flexibility index (Phi) is 3.45. The maximum atomic E-state index is 9.94. The van der Waals surface area contributed by atoms with Crippen LogP contribution in [0.5, 0.6) is 0 Å². The van der Waals surface area contributed by atoms with E-state index in [2.05, 4.69) is 45.9 Å². The Morgan fingerprint density at radius 1 is 1.12 bits per heavy atom. The summed E-state index contributed by atoms with van der Waals surface area (Å²) in [5.74, 6) is 0. The molecule has 3 nitrogen and oxygen atoms in total. The highest BCUT2D eigenvalue weighted by Gasteiger charge is 2.30. The predicted octanol–water partition coefficient (Wildman–Crippen LogP) is 3.08. The van der Waals surface area contributed by atoms with Gasteiger partial charge < -0.3 is 5.11 Å². The lowest BCUT2D eigenvalue weighted by Crippen LogP contribution is -2.36. The topological polar surface area (TPSA) is 38.0 Å². The van der Waals surface area contributed by atoms with E-state index < -0.39 is 5.60 Å². The zero-order chi connectivity index (χ0) is 13.5. The van der Waals surface area contributed by atoms with E-state index in [1.807, 2.05) is 24.7 Å². The molecule has 1 rings (SSSR count). The monoisotopic (exact) mass is 238 g/mol. The summed E-state index contributed by atoms with van der Waals surface area (Å²) in [5.41, 5.74) is 0.476. The van der Waals surface area contributed by atoms with Crippen LogP contribution in [-0.4, -0.2) is 20.5 Å². The molecule has 0 saturated carbocycles. The quantitative estimate of drug-likeness (QED) is 0.878. The van der Waals surface area contributed by atoms with E-state index in [0.717, 1.165) is 0 Å². The maximum Gasteiger partial charge on any atom is 0.0614 e. The average Bonchev–Trinajstić information content (AvgIpc) is 2.44. The Morgan fingerprint density at radius 3 is 2.00 bits per heavy atom. The Morgan fingerprint density at radius 2 is 1.65 bits per heavy atom. The molecule has 0 aliphatic heterocycles. The van der Waals surface area contributed by atoms with Crippen LogP contribution in [0.4, 0.5) is 0 Å². The standard InChI is InChI=1S/C14H26N2O/c1-12(2,3)11-8-15-16(9-11)13(4,5)10-14(6,7)17/h8-9,17H,10H2,1-7H3. The molecule has 0 unspecified atom stereocenters. The molecule has 98 valence electrons. The van der Waals surface area contributed by atoms with Gasteiger partial charge in [-0.05, 0) is 38.7 Å². The fraction of sp³-hybridized carbons (Fsp3) is 0.786. The van der Waals surface area contributed by atoms with Crippen molar-refractivity contribution in [2.75, 3.05) is 0 Å². The third-order valence-corrected chi connectivity index (χ3v) is 2.93. The van der Waals surface area contributed by atoms with Crippen molar-refractivity contribution in [3.63, 3.8) is 0 Å². The van der Waals surface area contributed by atoms with Crippen molar-refractivity contribution in [2.24, 2.45) is 0 Å². The second kappa shape index (κ2) is 4.13. The molecule has 17 heavy (non-hydrogen) atoms. The highest BCUT2D eigenvalue weighted by Crippen LogP contribution is 2.29. The largest absolute Gasteiger partial charge is 0.390 e. The van der Waals surface area contributed by atoms with Gasteiger partial charge in [0.05, 0.1) is 17.3 Å². The van der Waals surface area contributed by atoms with Crippen molar-refractivity contribution in [1.29, 1.82) is 0 Å². The lowest BCUT2D eigenvalue weighted by molar-refractivity contribution is 0.0318. The molecule has 0 bridgehead atoms. The zero-order valence-electron chi connectivity index (χ0n) is 12.2. The molecule has 0 spiro atoms. The Balaban J connectivity index is 2.97. The van der Waals surface area contributed by atoms with Crippen LogP contribution in [-0.2, 0) is 11.0 Å². The van der Waals surface area contributed by atoms with Gasteiger partial charge in [-0.1, -0.05) is 20.8 Å². The second-order valence-electron chi connectivity index (χ2n) is 7.23. The van der Waals surface area contributed by atoms with Crippen LogP contribution in [0.15, 0.2) is 12.4 Å². The van der Waals surface area contributed by atoms with E-state index in [0.29, 0.717) is 6.42 Å². The van der Waals surface area contributed by atoms with Crippen molar-refractivity contribution < 1.29 is 5.11 Å². The van der Waals surface area contributed by atoms with E-state index in [1.54, 1.807) is 0 Å². The molecular weight excluding hydrogens is 212 g/mol. The molecule has 1 aromatic heterocycles. The first-order valence-corrected chi connectivity index (χ1v) is 6.20. The first-order valence-electron chi connectivity index (χ1n) is 6.20. The number of aliphatic hydroxyl groups is 1. The van der Waals surface area contributed by atoms with Crippen molar-refractivity contribution in [3.05, 3.63) is 18.0 Å². The van der Waals surface area contributed by atoms with Gasteiger partial charge in [0, 0.05) is 12.6 Å². The first kappa shape index (κ1) is 14.2. The van der Waals surface area contributed by atoms with Crippen molar-refractivity contribution in [2.45, 2.75) is 71.4 Å². The number of nitrogens with zero attached hydrogens (tertiary/aromatic N) is 2. The van der Waals surface area contributed by atoms with E-state index in [-0.39, 0.29) is 11.0 Å². The molecule has 3 heteroatoms. The van der Waals surface area contributed by atoms with Crippen molar-refractivity contribution >= 4 is 0 Å². The van der Waals surface area contributed by atoms with Crippen LogP contribution >= 0.6 is 0 Å². The number of aromatic nitrogens is 2. The van der Waals surface area contributed by atoms with Crippen LogP contribution in [0.2, 0.25) is 0 Å². The lowest BCUT2D eigenvalue weighted by atomic mass is 9.88. The normalized spacial score (nSPS) is 14.1. The summed E-state index contributed by atoms with van der Waals surface area (Å²) in [7, 11) is 0. The Bertz CT molecular complexity index is 378. The summed E-state index contributed by atoms with van der Waals surface area (Å²) in [6.07, 6.45) is 4.68. The fourth-order valence-corrected chi connectivity index (χ4v) is 2.18. The predicted molar refractivity (Wildman–Crippen MR) is 71.2 cm³/mol. The van der Waals surface area contributed by atoms with Gasteiger partial charge in [0.15, 0.2) is 0 Å². The highest BCUT2D eigenvalue weighted by atomic mass is 16.3. The SMILES string of the molecule is CC(C)(O)CC(C)(C)n1cc(C(C)(C)C)cn1. The van der Waals surface area contributed by atoms with Gasteiger partial charge >= 0.3 is 0 Å². The van der Waals surface area contributed by atoms with Crippen LogP contribution in [0.25, 0.3) is 0 Å². The Labute approximate surface area is 105 Å². The Hall–Kier alpha value is -0.830. The summed E-state index contributed by atoms with van der Waals surface area (Å²) < 4.78 is 1.96. The van der Waals surface area contributed by atoms with Crippen LogP contribution < -0.4 is 0 Å². The summed E-state index contributed by atoms with van der Waals surface area (Å²) in [6, 6.07) is 0. The molecule has 1 aromatic rings. The molecule has 1 heterocycles. The molecule has 0 aliphatic rings. The summed E-state index contributed by atoms with van der Waals surface area (Å²) in [6.45, 7) is 14.4. The highest BCUT2D eigenvalue weighted by molar-refractivity contribution is 5.16. The van der Waals surface area contributed by atoms with Gasteiger partial charge in [0.1, 0.15) is 0 Å². The minimum absolute atomic E-state index is 0.114. The first-order chi connectivity index (χ1) is 7.42. The van der Waals surface area contributed by atoms with Gasteiger partial charge in [-0.15, -0.1) is 0 Å². The molecule has 0 saturated heterocycles. The molecule has 0 radical (unpaired) electrons. The third kappa shape index (κ3) is 3.84. The van der Waals surface area contributed by atoms with Crippen LogP contribution in [0.3, 0.4) is 0 Å². The van der Waals surface area contributed by atoms with Crippen LogP contribution in [0, 0.1) is 0 Å². The van der Waals surface area contributed by atoms with E-state index >= 15 is 0 Å².